The minimum Gasteiger partial charge on any atom is -0.314 e. The number of aromatic nitrogens is 2. The number of carbonyl (C=O) groups is 3. The van der Waals surface area contributed by atoms with Gasteiger partial charge in [-0.2, -0.15) is 5.10 Å². The van der Waals surface area contributed by atoms with E-state index in [1.54, 1.807) is 36.4 Å². The number of urea groups is 1. The second-order valence-electron chi connectivity index (χ2n) is 6.74. The maximum absolute atomic E-state index is 12.4. The third-order valence-corrected chi connectivity index (χ3v) is 4.66. The molecule has 3 aromatic rings. The number of aromatic amines is 1. The van der Waals surface area contributed by atoms with Crippen LogP contribution in [0, 0.1) is 0 Å². The third-order valence-electron chi connectivity index (χ3n) is 4.66. The van der Waals surface area contributed by atoms with Crippen molar-refractivity contribution in [2.24, 2.45) is 0 Å². The van der Waals surface area contributed by atoms with Crippen molar-refractivity contribution in [3.05, 3.63) is 89.1 Å². The van der Waals surface area contributed by atoms with E-state index in [0.29, 0.717) is 11.4 Å². The fraction of sp³-hybridized carbons (Fsp3) is 0.0909. The van der Waals surface area contributed by atoms with Crippen molar-refractivity contribution in [1.29, 1.82) is 0 Å². The molecule has 150 valence electrons. The van der Waals surface area contributed by atoms with E-state index in [9.17, 15) is 14.4 Å². The van der Waals surface area contributed by atoms with Gasteiger partial charge < -0.3 is 10.2 Å². The smallest absolute Gasteiger partial charge is 0.314 e. The summed E-state index contributed by atoms with van der Waals surface area (Å²) in [4.78, 5) is 38.3. The number of fused-ring (bicyclic) bond motifs is 1. The first-order valence-electron chi connectivity index (χ1n) is 9.35. The largest absolute Gasteiger partial charge is 0.324 e. The number of imide groups is 1. The van der Waals surface area contributed by atoms with Crippen LogP contribution >= 0.6 is 0 Å². The molecule has 2 heterocycles. The molecular weight excluding hydrogens is 382 g/mol. The quantitative estimate of drug-likeness (QED) is 0.584. The number of amides is 4. The van der Waals surface area contributed by atoms with E-state index >= 15 is 0 Å². The van der Waals surface area contributed by atoms with Crippen molar-refractivity contribution in [1.82, 2.24) is 20.4 Å². The van der Waals surface area contributed by atoms with Gasteiger partial charge in [-0.1, -0.05) is 48.5 Å². The van der Waals surface area contributed by atoms with Gasteiger partial charge in [-0.05, 0) is 23.8 Å². The van der Waals surface area contributed by atoms with Gasteiger partial charge in [0.05, 0.1) is 18.8 Å². The Balaban J connectivity index is 1.36. The highest BCUT2D eigenvalue weighted by Crippen LogP contribution is 2.27. The van der Waals surface area contributed by atoms with E-state index in [0.717, 1.165) is 16.8 Å². The van der Waals surface area contributed by atoms with Crippen molar-refractivity contribution in [2.75, 3.05) is 5.32 Å². The van der Waals surface area contributed by atoms with Gasteiger partial charge in [0.1, 0.15) is 0 Å². The summed E-state index contributed by atoms with van der Waals surface area (Å²) in [6, 6.07) is 17.5. The van der Waals surface area contributed by atoms with E-state index in [4.69, 9.17) is 0 Å². The number of anilines is 1. The minimum atomic E-state index is -0.505. The normalized spacial score (nSPS) is 12.6. The SMILES string of the molecule is O=C(C=Cc1ccccc1)Nc1n[nH]c2c1CN(C(=O)NC(=O)c1ccccc1)C2. The van der Waals surface area contributed by atoms with E-state index < -0.39 is 11.9 Å². The van der Waals surface area contributed by atoms with Gasteiger partial charge in [0.2, 0.25) is 5.91 Å². The second-order valence-corrected chi connectivity index (χ2v) is 6.74. The number of carbonyl (C=O) groups excluding carboxylic acids is 3. The molecule has 4 amide bonds. The lowest BCUT2D eigenvalue weighted by atomic mass is 10.2. The van der Waals surface area contributed by atoms with Gasteiger partial charge in [-0.3, -0.25) is 20.0 Å². The van der Waals surface area contributed by atoms with Gasteiger partial charge >= 0.3 is 6.03 Å². The van der Waals surface area contributed by atoms with Crippen LogP contribution in [-0.2, 0) is 17.9 Å². The van der Waals surface area contributed by atoms with Crippen molar-refractivity contribution >= 4 is 29.7 Å². The Morgan fingerprint density at radius 1 is 0.967 bits per heavy atom. The standard InChI is InChI=1S/C22H19N5O3/c28-19(12-11-15-7-3-1-4-8-15)23-20-17-13-27(14-18(17)25-26-20)22(30)24-21(29)16-9-5-2-6-10-16/h1-12H,13-14H2,(H,24,29,30)(H2,23,25,26,28). The average Bonchev–Trinajstić information content (AvgIpc) is 3.36. The van der Waals surface area contributed by atoms with E-state index in [2.05, 4.69) is 20.8 Å². The first kappa shape index (κ1) is 19.1. The number of H-pyrrole nitrogens is 1. The predicted molar refractivity (Wildman–Crippen MR) is 111 cm³/mol. The summed E-state index contributed by atoms with van der Waals surface area (Å²) in [5, 5.41) is 12.1. The molecule has 0 atom stereocenters. The van der Waals surface area contributed by atoms with Crippen molar-refractivity contribution in [3.8, 4) is 0 Å². The van der Waals surface area contributed by atoms with Crippen LogP contribution in [-0.4, -0.2) is 32.9 Å². The summed E-state index contributed by atoms with van der Waals surface area (Å²) in [5.74, 6) is -0.415. The van der Waals surface area contributed by atoms with E-state index in [1.165, 1.54) is 11.0 Å². The molecule has 2 aromatic carbocycles. The molecular formula is C22H19N5O3. The zero-order chi connectivity index (χ0) is 20.9. The van der Waals surface area contributed by atoms with Crippen LogP contribution in [0.3, 0.4) is 0 Å². The molecule has 0 saturated carbocycles. The number of rotatable bonds is 4. The number of hydrogen-bond donors (Lipinski definition) is 3. The lowest BCUT2D eigenvalue weighted by Crippen LogP contribution is -2.40. The van der Waals surface area contributed by atoms with Gasteiger partial charge in [0.25, 0.3) is 5.91 Å². The number of nitrogens with zero attached hydrogens (tertiary/aromatic N) is 2. The Labute approximate surface area is 172 Å². The topological polar surface area (TPSA) is 107 Å². The van der Waals surface area contributed by atoms with Gasteiger partial charge in [-0.25, -0.2) is 4.79 Å². The van der Waals surface area contributed by atoms with Crippen LogP contribution in [0.4, 0.5) is 10.6 Å². The highest BCUT2D eigenvalue weighted by molar-refractivity contribution is 6.04. The first-order valence-corrected chi connectivity index (χ1v) is 9.35. The maximum Gasteiger partial charge on any atom is 0.324 e. The Kier molecular flexibility index (Phi) is 5.38. The van der Waals surface area contributed by atoms with Crippen LogP contribution in [0.15, 0.2) is 66.7 Å². The molecule has 0 bridgehead atoms. The van der Waals surface area contributed by atoms with Crippen LogP contribution < -0.4 is 10.6 Å². The van der Waals surface area contributed by atoms with Crippen LogP contribution in [0.5, 0.6) is 0 Å². The van der Waals surface area contributed by atoms with Crippen LogP contribution in [0.1, 0.15) is 27.2 Å². The van der Waals surface area contributed by atoms with E-state index in [1.807, 2.05) is 30.3 Å². The minimum absolute atomic E-state index is 0.234. The Morgan fingerprint density at radius 3 is 2.40 bits per heavy atom. The zero-order valence-corrected chi connectivity index (χ0v) is 16.0. The summed E-state index contributed by atoms with van der Waals surface area (Å²) in [7, 11) is 0. The molecule has 0 spiro atoms. The zero-order valence-electron chi connectivity index (χ0n) is 16.0. The molecule has 1 aromatic heterocycles. The number of nitrogens with one attached hydrogen (secondary N) is 3. The molecule has 0 radical (unpaired) electrons. The van der Waals surface area contributed by atoms with E-state index in [-0.39, 0.29) is 19.0 Å². The predicted octanol–water partition coefficient (Wildman–Crippen LogP) is 2.93. The lowest BCUT2D eigenvalue weighted by molar-refractivity contribution is -0.111. The lowest BCUT2D eigenvalue weighted by Gasteiger charge is -2.16. The number of hydrogen-bond acceptors (Lipinski definition) is 4. The number of benzene rings is 2. The highest BCUT2D eigenvalue weighted by atomic mass is 16.2. The Hall–Kier alpha value is -4.20. The first-order chi connectivity index (χ1) is 14.6. The molecule has 8 nitrogen and oxygen atoms in total. The summed E-state index contributed by atoms with van der Waals surface area (Å²) < 4.78 is 0. The Bertz CT molecular complexity index is 1110. The van der Waals surface area contributed by atoms with Crippen molar-refractivity contribution in [3.63, 3.8) is 0 Å². The second kappa shape index (κ2) is 8.44. The molecule has 0 unspecified atom stereocenters. The van der Waals surface area contributed by atoms with Crippen molar-refractivity contribution in [2.45, 2.75) is 13.1 Å². The maximum atomic E-state index is 12.4. The molecule has 8 heteroatoms. The Morgan fingerprint density at radius 2 is 1.67 bits per heavy atom. The molecule has 30 heavy (non-hydrogen) atoms. The molecule has 1 aliphatic heterocycles. The molecule has 4 rings (SSSR count). The molecule has 0 aliphatic carbocycles. The fourth-order valence-electron chi connectivity index (χ4n) is 3.12. The van der Waals surface area contributed by atoms with Crippen LogP contribution in [0.2, 0.25) is 0 Å². The fourth-order valence-corrected chi connectivity index (χ4v) is 3.12. The summed E-state index contributed by atoms with van der Waals surface area (Å²) in [6.07, 6.45) is 3.13. The molecule has 3 N–H and O–H groups in total. The monoisotopic (exact) mass is 401 g/mol. The summed E-state index contributed by atoms with van der Waals surface area (Å²) in [5.41, 5.74) is 2.76. The van der Waals surface area contributed by atoms with Gasteiger partial charge in [-0.15, -0.1) is 0 Å². The third kappa shape index (κ3) is 4.27. The highest BCUT2D eigenvalue weighted by Gasteiger charge is 2.29. The molecule has 0 saturated heterocycles. The van der Waals surface area contributed by atoms with Crippen LogP contribution in [0.25, 0.3) is 6.08 Å². The van der Waals surface area contributed by atoms with Crippen molar-refractivity contribution < 1.29 is 14.4 Å². The van der Waals surface area contributed by atoms with Gasteiger partial charge in [0.15, 0.2) is 5.82 Å². The molecule has 1 aliphatic rings. The summed E-state index contributed by atoms with van der Waals surface area (Å²) in [6.45, 7) is 0.504. The average molecular weight is 401 g/mol. The van der Waals surface area contributed by atoms with Gasteiger partial charge in [0, 0.05) is 17.2 Å². The summed E-state index contributed by atoms with van der Waals surface area (Å²) >= 11 is 0. The molecule has 0 fully saturated rings.